The quantitative estimate of drug-likeness (QED) is 0.710. The van der Waals surface area contributed by atoms with Crippen molar-refractivity contribution in [2.24, 2.45) is 0 Å². The second-order valence-corrected chi connectivity index (χ2v) is 7.24. The molecular weight excluding hydrogens is 372 g/mol. The lowest BCUT2D eigenvalue weighted by Crippen LogP contribution is -2.47. The normalized spacial score (nSPS) is 14.2. The Morgan fingerprint density at radius 3 is 2.32 bits per heavy atom. The molecule has 1 N–H and O–H groups in total. The number of hydrogen-bond acceptors (Lipinski definition) is 6. The Labute approximate surface area is 170 Å². The number of rotatable bonds is 5. The van der Waals surface area contributed by atoms with Gasteiger partial charge in [0.2, 0.25) is 0 Å². The van der Waals surface area contributed by atoms with Crippen LogP contribution in [0.25, 0.3) is 0 Å². The van der Waals surface area contributed by atoms with E-state index in [9.17, 15) is 0 Å². The first-order valence-electron chi connectivity index (χ1n) is 9.42. The number of anilines is 3. The van der Waals surface area contributed by atoms with Gasteiger partial charge in [0.15, 0.2) is 0 Å². The van der Waals surface area contributed by atoms with Crippen molar-refractivity contribution < 1.29 is 0 Å². The SMILES string of the molecule is Cc1nc(NCc2ccc(Cl)cc2)cc(N2CCN(c3ccccn3)CC2)n1. The lowest BCUT2D eigenvalue weighted by Gasteiger charge is -2.36. The van der Waals surface area contributed by atoms with Crippen LogP contribution in [-0.2, 0) is 6.54 Å². The molecular formula is C21H23ClN6. The molecule has 7 heteroatoms. The van der Waals surface area contributed by atoms with Crippen LogP contribution in [0.2, 0.25) is 5.02 Å². The van der Waals surface area contributed by atoms with Crippen LogP contribution in [0.5, 0.6) is 0 Å². The van der Waals surface area contributed by atoms with Crippen LogP contribution in [0.4, 0.5) is 17.5 Å². The monoisotopic (exact) mass is 394 g/mol. The van der Waals surface area contributed by atoms with Crippen LogP contribution < -0.4 is 15.1 Å². The van der Waals surface area contributed by atoms with Crippen LogP contribution in [0, 0.1) is 6.92 Å². The van der Waals surface area contributed by atoms with Crippen molar-refractivity contribution in [1.82, 2.24) is 15.0 Å². The molecule has 0 radical (unpaired) electrons. The summed E-state index contributed by atoms with van der Waals surface area (Å²) in [6.45, 7) is 6.29. The average molecular weight is 395 g/mol. The number of pyridine rings is 1. The van der Waals surface area contributed by atoms with Gasteiger partial charge in [-0.3, -0.25) is 0 Å². The topological polar surface area (TPSA) is 57.2 Å². The van der Waals surface area contributed by atoms with Gasteiger partial charge in [-0.1, -0.05) is 29.8 Å². The van der Waals surface area contributed by atoms with E-state index in [1.807, 2.05) is 55.6 Å². The number of hydrogen-bond donors (Lipinski definition) is 1. The molecule has 0 unspecified atom stereocenters. The first kappa shape index (κ1) is 18.5. The van der Waals surface area contributed by atoms with E-state index >= 15 is 0 Å². The summed E-state index contributed by atoms with van der Waals surface area (Å²) in [7, 11) is 0. The second kappa shape index (κ2) is 8.44. The van der Waals surface area contributed by atoms with Crippen molar-refractivity contribution in [2.45, 2.75) is 13.5 Å². The van der Waals surface area contributed by atoms with Crippen molar-refractivity contribution in [2.75, 3.05) is 41.3 Å². The third kappa shape index (κ3) is 4.51. The zero-order valence-electron chi connectivity index (χ0n) is 15.8. The molecule has 0 bridgehead atoms. The number of aryl methyl sites for hydroxylation is 1. The third-order valence-electron chi connectivity index (χ3n) is 4.79. The predicted octanol–water partition coefficient (Wildman–Crippen LogP) is 3.77. The number of benzene rings is 1. The first-order chi connectivity index (χ1) is 13.7. The van der Waals surface area contributed by atoms with Crippen molar-refractivity contribution in [3.05, 3.63) is 71.1 Å². The van der Waals surface area contributed by atoms with E-state index in [1.54, 1.807) is 0 Å². The van der Waals surface area contributed by atoms with Gasteiger partial charge in [0.1, 0.15) is 23.3 Å². The molecule has 1 aliphatic rings. The number of halogens is 1. The molecule has 3 heterocycles. The van der Waals surface area contributed by atoms with Crippen molar-refractivity contribution in [1.29, 1.82) is 0 Å². The maximum absolute atomic E-state index is 5.95. The molecule has 28 heavy (non-hydrogen) atoms. The molecule has 6 nitrogen and oxygen atoms in total. The molecule has 0 amide bonds. The molecule has 2 aromatic heterocycles. The molecule has 1 aromatic carbocycles. The second-order valence-electron chi connectivity index (χ2n) is 6.80. The predicted molar refractivity (Wildman–Crippen MR) is 114 cm³/mol. The Kier molecular flexibility index (Phi) is 5.58. The van der Waals surface area contributed by atoms with E-state index in [2.05, 4.69) is 36.1 Å². The molecule has 144 valence electrons. The van der Waals surface area contributed by atoms with Gasteiger partial charge in [-0.15, -0.1) is 0 Å². The molecule has 4 rings (SSSR count). The Morgan fingerprint density at radius 1 is 0.929 bits per heavy atom. The van der Waals surface area contributed by atoms with Crippen LogP contribution in [0.3, 0.4) is 0 Å². The summed E-state index contributed by atoms with van der Waals surface area (Å²) >= 11 is 5.95. The fourth-order valence-electron chi connectivity index (χ4n) is 3.30. The summed E-state index contributed by atoms with van der Waals surface area (Å²) < 4.78 is 0. The fraction of sp³-hybridized carbons (Fsp3) is 0.286. The Morgan fingerprint density at radius 2 is 1.64 bits per heavy atom. The summed E-state index contributed by atoms with van der Waals surface area (Å²) in [5.41, 5.74) is 1.16. The van der Waals surface area contributed by atoms with E-state index in [0.29, 0.717) is 6.54 Å². The largest absolute Gasteiger partial charge is 0.366 e. The Bertz CT molecular complexity index is 908. The number of nitrogens with zero attached hydrogens (tertiary/aromatic N) is 5. The summed E-state index contributed by atoms with van der Waals surface area (Å²) in [5, 5.41) is 4.14. The highest BCUT2D eigenvalue weighted by molar-refractivity contribution is 6.30. The van der Waals surface area contributed by atoms with Crippen LogP contribution in [0.1, 0.15) is 11.4 Å². The molecule has 3 aromatic rings. The molecule has 0 atom stereocenters. The van der Waals surface area contributed by atoms with Gasteiger partial charge in [0, 0.05) is 50.0 Å². The number of aromatic nitrogens is 3. The summed E-state index contributed by atoms with van der Waals surface area (Å²) in [5.74, 6) is 3.60. The highest BCUT2D eigenvalue weighted by atomic mass is 35.5. The van der Waals surface area contributed by atoms with E-state index in [4.69, 9.17) is 11.6 Å². The summed E-state index contributed by atoms with van der Waals surface area (Å²) in [6, 6.07) is 15.9. The molecule has 1 fully saturated rings. The van der Waals surface area contributed by atoms with Crippen LogP contribution in [-0.4, -0.2) is 41.1 Å². The molecule has 1 saturated heterocycles. The van der Waals surface area contributed by atoms with Gasteiger partial charge >= 0.3 is 0 Å². The van der Waals surface area contributed by atoms with E-state index in [1.165, 1.54) is 0 Å². The van der Waals surface area contributed by atoms with Crippen molar-refractivity contribution in [3.8, 4) is 0 Å². The lowest BCUT2D eigenvalue weighted by molar-refractivity contribution is 0.640. The van der Waals surface area contributed by atoms with Gasteiger partial charge < -0.3 is 15.1 Å². The fourth-order valence-corrected chi connectivity index (χ4v) is 3.43. The minimum atomic E-state index is 0.695. The van der Waals surface area contributed by atoms with Crippen molar-refractivity contribution >= 4 is 29.1 Å². The van der Waals surface area contributed by atoms with Gasteiger partial charge in [0.25, 0.3) is 0 Å². The minimum absolute atomic E-state index is 0.695. The highest BCUT2D eigenvalue weighted by Gasteiger charge is 2.19. The maximum atomic E-state index is 5.95. The molecule has 0 saturated carbocycles. The molecule has 0 spiro atoms. The summed E-state index contributed by atoms with van der Waals surface area (Å²) in [6.07, 6.45) is 1.84. The van der Waals surface area contributed by atoms with Gasteiger partial charge in [-0.05, 0) is 36.8 Å². The van der Waals surface area contributed by atoms with Crippen molar-refractivity contribution in [3.63, 3.8) is 0 Å². The van der Waals surface area contributed by atoms with E-state index < -0.39 is 0 Å². The zero-order chi connectivity index (χ0) is 19.3. The lowest BCUT2D eigenvalue weighted by atomic mass is 10.2. The smallest absolute Gasteiger partial charge is 0.134 e. The zero-order valence-corrected chi connectivity index (χ0v) is 16.6. The molecule has 1 aliphatic heterocycles. The maximum Gasteiger partial charge on any atom is 0.134 e. The van der Waals surface area contributed by atoms with Gasteiger partial charge in [-0.2, -0.15) is 0 Å². The van der Waals surface area contributed by atoms with E-state index in [-0.39, 0.29) is 0 Å². The Balaban J connectivity index is 1.40. The first-order valence-corrected chi connectivity index (χ1v) is 9.80. The average Bonchev–Trinajstić information content (AvgIpc) is 2.74. The van der Waals surface area contributed by atoms with Crippen LogP contribution >= 0.6 is 11.6 Å². The van der Waals surface area contributed by atoms with E-state index in [0.717, 1.165) is 60.0 Å². The molecule has 0 aliphatic carbocycles. The van der Waals surface area contributed by atoms with Gasteiger partial charge in [0.05, 0.1) is 0 Å². The van der Waals surface area contributed by atoms with Crippen LogP contribution in [0.15, 0.2) is 54.7 Å². The number of nitrogens with one attached hydrogen (secondary N) is 1. The highest BCUT2D eigenvalue weighted by Crippen LogP contribution is 2.20. The Hall–Kier alpha value is -2.86. The third-order valence-corrected chi connectivity index (χ3v) is 5.04. The minimum Gasteiger partial charge on any atom is -0.366 e. The van der Waals surface area contributed by atoms with Gasteiger partial charge in [-0.25, -0.2) is 15.0 Å². The standard InChI is InChI=1S/C21H23ClN6/c1-16-25-19(24-15-17-5-7-18(22)8-6-17)14-21(26-16)28-12-10-27(11-13-28)20-4-2-3-9-23-20/h2-9,14H,10-13,15H2,1H3,(H,24,25,26). The number of piperazine rings is 1. The summed E-state index contributed by atoms with van der Waals surface area (Å²) in [4.78, 5) is 18.2.